The zero-order chi connectivity index (χ0) is 14.9. The Morgan fingerprint density at radius 2 is 1.75 bits per heavy atom. The van der Waals surface area contributed by atoms with Gasteiger partial charge in [-0.25, -0.2) is 8.78 Å². The van der Waals surface area contributed by atoms with E-state index in [1.807, 2.05) is 19.9 Å². The molecule has 0 aliphatic heterocycles. The predicted octanol–water partition coefficient (Wildman–Crippen LogP) is 3.64. The van der Waals surface area contributed by atoms with E-state index < -0.39 is 11.9 Å². The molecule has 0 aliphatic rings. The number of nitrogens with two attached hydrogens (primary N) is 1. The van der Waals surface area contributed by atoms with E-state index in [2.05, 4.69) is 0 Å². The molecule has 106 valence electrons. The van der Waals surface area contributed by atoms with Crippen LogP contribution in [0.2, 0.25) is 0 Å². The first-order valence-corrected chi connectivity index (χ1v) is 6.29. The van der Waals surface area contributed by atoms with E-state index in [-0.39, 0.29) is 11.6 Å². The first-order chi connectivity index (χ1) is 9.43. The molecule has 0 saturated carbocycles. The van der Waals surface area contributed by atoms with Crippen molar-refractivity contribution in [2.24, 2.45) is 5.73 Å². The first-order valence-electron chi connectivity index (χ1n) is 6.29. The van der Waals surface area contributed by atoms with Crippen molar-refractivity contribution in [2.75, 3.05) is 7.11 Å². The standard InChI is InChI=1S/C16H17F2NO/c1-9-6-10(2)15(13(18)7-9)16(19)11-4-5-12(17)14(8-11)20-3/h4-8,16H,19H2,1-3H3. The van der Waals surface area contributed by atoms with Gasteiger partial charge in [-0.1, -0.05) is 12.1 Å². The zero-order valence-electron chi connectivity index (χ0n) is 11.7. The molecule has 0 amide bonds. The lowest BCUT2D eigenvalue weighted by molar-refractivity contribution is 0.385. The molecule has 2 N–H and O–H groups in total. The van der Waals surface area contributed by atoms with Crippen LogP contribution in [0.1, 0.15) is 28.3 Å². The van der Waals surface area contributed by atoms with Gasteiger partial charge in [0.25, 0.3) is 0 Å². The molecule has 1 atom stereocenters. The molecule has 0 aromatic heterocycles. The van der Waals surface area contributed by atoms with Crippen molar-refractivity contribution in [2.45, 2.75) is 19.9 Å². The third-order valence-electron chi connectivity index (χ3n) is 3.33. The molecule has 20 heavy (non-hydrogen) atoms. The normalized spacial score (nSPS) is 12.3. The van der Waals surface area contributed by atoms with Gasteiger partial charge >= 0.3 is 0 Å². The molecule has 2 aromatic rings. The van der Waals surface area contributed by atoms with Crippen LogP contribution in [-0.2, 0) is 0 Å². The molecule has 0 bridgehead atoms. The summed E-state index contributed by atoms with van der Waals surface area (Å²) in [6.07, 6.45) is 0. The number of hydrogen-bond donors (Lipinski definition) is 1. The second kappa shape index (κ2) is 5.59. The van der Waals surface area contributed by atoms with Gasteiger partial charge in [-0.2, -0.15) is 0 Å². The van der Waals surface area contributed by atoms with Crippen molar-refractivity contribution in [1.82, 2.24) is 0 Å². The number of halogens is 2. The van der Waals surface area contributed by atoms with E-state index in [0.29, 0.717) is 11.1 Å². The van der Waals surface area contributed by atoms with Crippen molar-refractivity contribution < 1.29 is 13.5 Å². The fourth-order valence-corrected chi connectivity index (χ4v) is 2.36. The highest BCUT2D eigenvalue weighted by Crippen LogP contribution is 2.29. The number of methoxy groups -OCH3 is 1. The maximum absolute atomic E-state index is 14.1. The smallest absolute Gasteiger partial charge is 0.165 e. The van der Waals surface area contributed by atoms with Gasteiger partial charge in [-0.05, 0) is 48.7 Å². The number of aryl methyl sites for hydroxylation is 2. The molecular formula is C16H17F2NO. The van der Waals surface area contributed by atoms with Gasteiger partial charge in [-0.3, -0.25) is 0 Å². The molecule has 0 heterocycles. The van der Waals surface area contributed by atoms with Crippen LogP contribution in [0.5, 0.6) is 5.75 Å². The van der Waals surface area contributed by atoms with Crippen LogP contribution in [-0.4, -0.2) is 7.11 Å². The number of rotatable bonds is 3. The second-order valence-corrected chi connectivity index (χ2v) is 4.85. The third-order valence-corrected chi connectivity index (χ3v) is 3.33. The van der Waals surface area contributed by atoms with Crippen LogP contribution in [0.25, 0.3) is 0 Å². The van der Waals surface area contributed by atoms with Crippen LogP contribution in [0.15, 0.2) is 30.3 Å². The summed E-state index contributed by atoms with van der Waals surface area (Å²) in [5, 5.41) is 0. The lowest BCUT2D eigenvalue weighted by Gasteiger charge is -2.17. The Morgan fingerprint density at radius 1 is 1.05 bits per heavy atom. The highest BCUT2D eigenvalue weighted by atomic mass is 19.1. The van der Waals surface area contributed by atoms with Gasteiger partial charge < -0.3 is 10.5 Å². The molecule has 1 unspecified atom stereocenters. The highest BCUT2D eigenvalue weighted by molar-refractivity contribution is 5.42. The summed E-state index contributed by atoms with van der Waals surface area (Å²) in [5.74, 6) is -0.717. The molecule has 2 rings (SSSR count). The van der Waals surface area contributed by atoms with Gasteiger partial charge in [0.05, 0.1) is 13.2 Å². The van der Waals surface area contributed by atoms with Gasteiger partial charge in [0.15, 0.2) is 11.6 Å². The molecular weight excluding hydrogens is 260 g/mol. The molecule has 4 heteroatoms. The minimum atomic E-state index is -0.662. The van der Waals surface area contributed by atoms with Crippen LogP contribution in [0.3, 0.4) is 0 Å². The van der Waals surface area contributed by atoms with Crippen LogP contribution < -0.4 is 10.5 Å². The maximum Gasteiger partial charge on any atom is 0.165 e. The fraction of sp³-hybridized carbons (Fsp3) is 0.250. The van der Waals surface area contributed by atoms with E-state index in [9.17, 15) is 8.78 Å². The van der Waals surface area contributed by atoms with Crippen molar-refractivity contribution in [1.29, 1.82) is 0 Å². The summed E-state index contributed by atoms with van der Waals surface area (Å²) in [6.45, 7) is 3.64. The monoisotopic (exact) mass is 277 g/mol. The maximum atomic E-state index is 14.1. The Balaban J connectivity index is 2.49. The minimum Gasteiger partial charge on any atom is -0.494 e. The fourth-order valence-electron chi connectivity index (χ4n) is 2.36. The van der Waals surface area contributed by atoms with Gasteiger partial charge in [0, 0.05) is 5.56 Å². The number of ether oxygens (including phenoxy) is 1. The van der Waals surface area contributed by atoms with Crippen molar-refractivity contribution >= 4 is 0 Å². The summed E-state index contributed by atoms with van der Waals surface area (Å²) in [6, 6.07) is 6.97. The van der Waals surface area contributed by atoms with E-state index in [1.165, 1.54) is 25.3 Å². The summed E-state index contributed by atoms with van der Waals surface area (Å²) in [5.41, 5.74) is 8.77. The molecule has 0 spiro atoms. The second-order valence-electron chi connectivity index (χ2n) is 4.85. The first kappa shape index (κ1) is 14.5. The molecule has 2 aromatic carbocycles. The van der Waals surface area contributed by atoms with Crippen molar-refractivity contribution in [3.63, 3.8) is 0 Å². The Kier molecular flexibility index (Phi) is 4.04. The van der Waals surface area contributed by atoms with Gasteiger partial charge in [0.1, 0.15) is 5.82 Å². The summed E-state index contributed by atoms with van der Waals surface area (Å²) in [7, 11) is 1.38. The average Bonchev–Trinajstić information content (AvgIpc) is 2.37. The van der Waals surface area contributed by atoms with Crippen LogP contribution in [0, 0.1) is 25.5 Å². The van der Waals surface area contributed by atoms with E-state index in [0.717, 1.165) is 11.1 Å². The zero-order valence-corrected chi connectivity index (χ0v) is 11.7. The SMILES string of the molecule is COc1cc(C(N)c2c(C)cc(C)cc2F)ccc1F. The largest absolute Gasteiger partial charge is 0.494 e. The Bertz CT molecular complexity index is 617. The molecule has 0 saturated heterocycles. The van der Waals surface area contributed by atoms with Crippen LogP contribution >= 0.6 is 0 Å². The summed E-state index contributed by atoms with van der Waals surface area (Å²) >= 11 is 0. The van der Waals surface area contributed by atoms with E-state index in [1.54, 1.807) is 6.07 Å². The summed E-state index contributed by atoms with van der Waals surface area (Å²) in [4.78, 5) is 0. The quantitative estimate of drug-likeness (QED) is 0.929. The van der Waals surface area contributed by atoms with Crippen LogP contribution in [0.4, 0.5) is 8.78 Å². The Morgan fingerprint density at radius 3 is 2.35 bits per heavy atom. The number of hydrogen-bond acceptors (Lipinski definition) is 2. The molecule has 0 radical (unpaired) electrons. The molecule has 0 aliphatic carbocycles. The Labute approximate surface area is 117 Å². The van der Waals surface area contributed by atoms with E-state index in [4.69, 9.17) is 10.5 Å². The lowest BCUT2D eigenvalue weighted by atomic mass is 9.94. The van der Waals surface area contributed by atoms with Gasteiger partial charge in [-0.15, -0.1) is 0 Å². The minimum absolute atomic E-state index is 0.100. The molecule has 0 fully saturated rings. The Hall–Kier alpha value is -1.94. The topological polar surface area (TPSA) is 35.2 Å². The van der Waals surface area contributed by atoms with Crippen molar-refractivity contribution in [3.05, 3.63) is 64.2 Å². The average molecular weight is 277 g/mol. The lowest BCUT2D eigenvalue weighted by Crippen LogP contribution is -2.15. The molecule has 2 nitrogen and oxygen atoms in total. The van der Waals surface area contributed by atoms with Gasteiger partial charge in [0.2, 0.25) is 0 Å². The third kappa shape index (κ3) is 2.65. The summed E-state index contributed by atoms with van der Waals surface area (Å²) < 4.78 is 32.5. The van der Waals surface area contributed by atoms with E-state index >= 15 is 0 Å². The number of benzene rings is 2. The highest BCUT2D eigenvalue weighted by Gasteiger charge is 2.18. The van der Waals surface area contributed by atoms with Crippen molar-refractivity contribution in [3.8, 4) is 5.75 Å². The predicted molar refractivity (Wildman–Crippen MR) is 74.9 cm³/mol.